The van der Waals surface area contributed by atoms with Crippen molar-refractivity contribution in [3.63, 3.8) is 0 Å². The molecule has 1 aliphatic heterocycles. The first-order chi connectivity index (χ1) is 13.8. The van der Waals surface area contributed by atoms with Crippen LogP contribution in [0.4, 0.5) is 11.4 Å². The Balaban J connectivity index is 1.58. The van der Waals surface area contributed by atoms with Gasteiger partial charge in [-0.25, -0.2) is 13.1 Å². The Hall–Kier alpha value is -2.20. The fraction of sp³-hybridized carbons (Fsp3) is 0.278. The van der Waals surface area contributed by atoms with E-state index in [1.165, 1.54) is 24.3 Å². The molecular formula is C18H19Cl2N3O5S. The third kappa shape index (κ3) is 5.45. The fourth-order valence-electron chi connectivity index (χ4n) is 2.57. The highest BCUT2D eigenvalue weighted by atomic mass is 35.5. The van der Waals surface area contributed by atoms with Crippen LogP contribution >= 0.6 is 23.2 Å². The quantitative estimate of drug-likeness (QED) is 0.570. The smallest absolute Gasteiger partial charge is 0.240 e. The van der Waals surface area contributed by atoms with E-state index in [1.54, 1.807) is 6.07 Å². The van der Waals surface area contributed by atoms with E-state index in [9.17, 15) is 13.2 Å². The van der Waals surface area contributed by atoms with Crippen LogP contribution in [0.15, 0.2) is 35.2 Å². The van der Waals surface area contributed by atoms with Gasteiger partial charge in [0.25, 0.3) is 0 Å². The molecule has 8 nitrogen and oxygen atoms in total. The molecule has 0 aromatic heterocycles. The Labute approximate surface area is 178 Å². The van der Waals surface area contributed by atoms with Crippen molar-refractivity contribution in [1.82, 2.24) is 4.72 Å². The van der Waals surface area contributed by atoms with E-state index in [0.717, 1.165) is 0 Å². The third-order valence-electron chi connectivity index (χ3n) is 4.04. The zero-order chi connectivity index (χ0) is 21.0. The highest BCUT2D eigenvalue weighted by Gasteiger charge is 2.19. The monoisotopic (exact) mass is 459 g/mol. The largest absolute Gasteiger partial charge is 0.490 e. The average molecular weight is 460 g/mol. The van der Waals surface area contributed by atoms with Gasteiger partial charge >= 0.3 is 0 Å². The van der Waals surface area contributed by atoms with Crippen molar-refractivity contribution in [2.75, 3.05) is 30.8 Å². The van der Waals surface area contributed by atoms with Gasteiger partial charge in [-0.15, -0.1) is 0 Å². The maximum Gasteiger partial charge on any atom is 0.240 e. The number of nitrogen functional groups attached to an aromatic ring is 1. The molecule has 0 spiro atoms. The molecule has 3 rings (SSSR count). The van der Waals surface area contributed by atoms with Crippen molar-refractivity contribution < 1.29 is 22.7 Å². The summed E-state index contributed by atoms with van der Waals surface area (Å²) in [4.78, 5) is 12.1. The van der Waals surface area contributed by atoms with Crippen LogP contribution in [-0.2, 0) is 14.8 Å². The number of hydrogen-bond acceptors (Lipinski definition) is 6. The molecule has 0 saturated carbocycles. The van der Waals surface area contributed by atoms with Crippen LogP contribution < -0.4 is 25.2 Å². The van der Waals surface area contributed by atoms with Gasteiger partial charge in [-0.2, -0.15) is 0 Å². The van der Waals surface area contributed by atoms with Crippen LogP contribution in [0.1, 0.15) is 12.8 Å². The lowest BCUT2D eigenvalue weighted by molar-refractivity contribution is -0.116. The van der Waals surface area contributed by atoms with Crippen LogP contribution in [0.25, 0.3) is 0 Å². The van der Waals surface area contributed by atoms with Gasteiger partial charge in [0.15, 0.2) is 11.5 Å². The lowest BCUT2D eigenvalue weighted by atomic mass is 10.2. The lowest BCUT2D eigenvalue weighted by Crippen LogP contribution is -2.27. The van der Waals surface area contributed by atoms with Crippen molar-refractivity contribution in [1.29, 1.82) is 0 Å². The number of nitrogens with one attached hydrogen (secondary N) is 2. The third-order valence-corrected chi connectivity index (χ3v) is 6.12. The molecule has 1 heterocycles. The number of amides is 1. The molecule has 0 saturated heterocycles. The Kier molecular flexibility index (Phi) is 6.74. The van der Waals surface area contributed by atoms with Gasteiger partial charge < -0.3 is 20.5 Å². The number of rotatable bonds is 6. The van der Waals surface area contributed by atoms with E-state index in [1.807, 2.05) is 0 Å². The number of ether oxygens (including phenoxy) is 2. The molecule has 2 aromatic rings. The zero-order valence-electron chi connectivity index (χ0n) is 15.2. The van der Waals surface area contributed by atoms with Gasteiger partial charge in [0.05, 0.1) is 33.8 Å². The molecule has 0 atom stereocenters. The molecule has 1 amide bonds. The van der Waals surface area contributed by atoms with Crippen molar-refractivity contribution >= 4 is 50.5 Å². The molecule has 11 heteroatoms. The van der Waals surface area contributed by atoms with E-state index >= 15 is 0 Å². The van der Waals surface area contributed by atoms with E-state index in [4.69, 9.17) is 38.4 Å². The summed E-state index contributed by atoms with van der Waals surface area (Å²) in [6, 6.07) is 7.30. The zero-order valence-corrected chi connectivity index (χ0v) is 17.5. The lowest BCUT2D eigenvalue weighted by Gasteiger charge is -2.11. The molecule has 0 unspecified atom stereocenters. The first-order valence-corrected chi connectivity index (χ1v) is 10.9. The van der Waals surface area contributed by atoms with E-state index in [2.05, 4.69) is 10.0 Å². The molecule has 0 fully saturated rings. The number of hydrogen-bond donors (Lipinski definition) is 3. The second-order valence-electron chi connectivity index (χ2n) is 6.21. The highest BCUT2D eigenvalue weighted by molar-refractivity contribution is 7.89. The molecule has 0 radical (unpaired) electrons. The number of carbonyl (C=O) groups is 1. The SMILES string of the molecule is Nc1c(Cl)cc(NC(=O)CCNS(=O)(=O)c2ccc3c(c2)OCCCO3)cc1Cl. The summed E-state index contributed by atoms with van der Waals surface area (Å²) in [7, 11) is -3.82. The minimum atomic E-state index is -3.82. The van der Waals surface area contributed by atoms with Gasteiger partial charge in [0.1, 0.15) is 0 Å². The number of fused-ring (bicyclic) bond motifs is 1. The molecular weight excluding hydrogens is 441 g/mol. The number of carbonyl (C=O) groups excluding carboxylic acids is 1. The minimum absolute atomic E-state index is 0.0271. The van der Waals surface area contributed by atoms with Crippen LogP contribution in [-0.4, -0.2) is 34.1 Å². The normalized spacial score (nSPS) is 13.6. The first-order valence-electron chi connectivity index (χ1n) is 8.70. The van der Waals surface area contributed by atoms with Crippen molar-refractivity contribution in [3.8, 4) is 11.5 Å². The van der Waals surface area contributed by atoms with Gasteiger partial charge in [-0.05, 0) is 24.3 Å². The summed E-state index contributed by atoms with van der Waals surface area (Å²) >= 11 is 11.8. The molecule has 0 bridgehead atoms. The average Bonchev–Trinajstić information content (AvgIpc) is 2.90. The number of sulfonamides is 1. The number of anilines is 2. The van der Waals surface area contributed by atoms with E-state index < -0.39 is 15.9 Å². The second-order valence-corrected chi connectivity index (χ2v) is 8.79. The molecule has 29 heavy (non-hydrogen) atoms. The topological polar surface area (TPSA) is 120 Å². The molecule has 2 aromatic carbocycles. The highest BCUT2D eigenvalue weighted by Crippen LogP contribution is 2.32. The maximum atomic E-state index is 12.5. The van der Waals surface area contributed by atoms with Crippen LogP contribution in [0.5, 0.6) is 11.5 Å². The van der Waals surface area contributed by atoms with Gasteiger partial charge in [0.2, 0.25) is 15.9 Å². The summed E-state index contributed by atoms with van der Waals surface area (Å²) < 4.78 is 38.4. The Morgan fingerprint density at radius 1 is 1.07 bits per heavy atom. The summed E-state index contributed by atoms with van der Waals surface area (Å²) in [6.07, 6.45) is 0.623. The predicted molar refractivity (Wildman–Crippen MR) is 111 cm³/mol. The summed E-state index contributed by atoms with van der Waals surface area (Å²) in [5.41, 5.74) is 6.23. The Morgan fingerprint density at radius 3 is 2.41 bits per heavy atom. The summed E-state index contributed by atoms with van der Waals surface area (Å²) in [5, 5.41) is 3.01. The minimum Gasteiger partial charge on any atom is -0.490 e. The van der Waals surface area contributed by atoms with Crippen molar-refractivity contribution in [2.45, 2.75) is 17.7 Å². The summed E-state index contributed by atoms with van der Waals surface area (Å²) in [6.45, 7) is 0.860. The molecule has 156 valence electrons. The van der Waals surface area contributed by atoms with Crippen molar-refractivity contribution in [2.24, 2.45) is 0 Å². The van der Waals surface area contributed by atoms with E-state index in [-0.39, 0.29) is 33.6 Å². The fourth-order valence-corrected chi connectivity index (χ4v) is 4.11. The van der Waals surface area contributed by atoms with Crippen LogP contribution in [0.2, 0.25) is 10.0 Å². The number of benzene rings is 2. The molecule has 0 aliphatic carbocycles. The van der Waals surface area contributed by atoms with Crippen LogP contribution in [0.3, 0.4) is 0 Å². The number of nitrogens with two attached hydrogens (primary N) is 1. The van der Waals surface area contributed by atoms with Gasteiger partial charge in [-0.1, -0.05) is 23.2 Å². The molecule has 4 N–H and O–H groups in total. The standard InChI is InChI=1S/C18H19Cl2N3O5S/c19-13-8-11(9-14(20)18(13)21)23-17(24)4-5-22-29(25,26)12-2-3-15-16(10-12)28-7-1-6-27-15/h2-3,8-10,22H,1,4-7,21H2,(H,23,24). The predicted octanol–water partition coefficient (Wildman–Crippen LogP) is 3.04. The summed E-state index contributed by atoms with van der Waals surface area (Å²) in [5.74, 6) is 0.463. The second kappa shape index (κ2) is 9.08. The molecule has 1 aliphatic rings. The van der Waals surface area contributed by atoms with Crippen molar-refractivity contribution in [3.05, 3.63) is 40.4 Å². The number of halogens is 2. The Morgan fingerprint density at radius 2 is 1.72 bits per heavy atom. The first kappa shape index (κ1) is 21.5. The van der Waals surface area contributed by atoms with Gasteiger partial charge in [-0.3, -0.25) is 4.79 Å². The maximum absolute atomic E-state index is 12.5. The van der Waals surface area contributed by atoms with E-state index in [0.29, 0.717) is 36.8 Å². The van der Waals surface area contributed by atoms with Crippen LogP contribution in [0, 0.1) is 0 Å². The Bertz CT molecular complexity index is 1010. The van der Waals surface area contributed by atoms with Gasteiger partial charge in [0, 0.05) is 31.1 Å².